The van der Waals surface area contributed by atoms with E-state index in [0.29, 0.717) is 0 Å². The number of nitrogens with zero attached hydrogens (tertiary/aromatic N) is 1. The van der Waals surface area contributed by atoms with Crippen LogP contribution in [-0.4, -0.2) is 35.9 Å². The SMILES string of the molecule is CNc1ccnc(C(=O)NC(C)C(=O)NC2CC2)c1. The summed E-state index contributed by atoms with van der Waals surface area (Å²) in [5, 5.41) is 8.42. The van der Waals surface area contributed by atoms with Crippen LogP contribution in [0.4, 0.5) is 5.69 Å². The smallest absolute Gasteiger partial charge is 0.270 e. The van der Waals surface area contributed by atoms with E-state index in [9.17, 15) is 9.59 Å². The third-order valence-electron chi connectivity index (χ3n) is 2.95. The molecule has 6 heteroatoms. The minimum Gasteiger partial charge on any atom is -0.388 e. The van der Waals surface area contributed by atoms with Crippen molar-refractivity contribution in [2.24, 2.45) is 0 Å². The van der Waals surface area contributed by atoms with Crippen LogP contribution >= 0.6 is 0 Å². The molecule has 0 radical (unpaired) electrons. The molecule has 0 spiro atoms. The molecular formula is C13H18N4O2. The molecule has 0 aliphatic heterocycles. The first-order valence-corrected chi connectivity index (χ1v) is 6.35. The van der Waals surface area contributed by atoms with Gasteiger partial charge in [-0.15, -0.1) is 0 Å². The number of anilines is 1. The topological polar surface area (TPSA) is 83.1 Å². The van der Waals surface area contributed by atoms with E-state index < -0.39 is 6.04 Å². The van der Waals surface area contributed by atoms with Crippen LogP contribution in [0.25, 0.3) is 0 Å². The summed E-state index contributed by atoms with van der Waals surface area (Å²) in [4.78, 5) is 27.7. The normalized spacial score (nSPS) is 15.5. The Morgan fingerprint density at radius 1 is 1.42 bits per heavy atom. The molecule has 1 aliphatic carbocycles. The summed E-state index contributed by atoms with van der Waals surface area (Å²) in [5.74, 6) is -0.504. The molecule has 1 heterocycles. The monoisotopic (exact) mass is 262 g/mol. The number of rotatable bonds is 5. The zero-order valence-corrected chi connectivity index (χ0v) is 11.1. The van der Waals surface area contributed by atoms with Crippen molar-refractivity contribution in [3.8, 4) is 0 Å². The van der Waals surface area contributed by atoms with Gasteiger partial charge < -0.3 is 16.0 Å². The van der Waals surface area contributed by atoms with Gasteiger partial charge >= 0.3 is 0 Å². The molecule has 6 nitrogen and oxygen atoms in total. The molecule has 1 saturated carbocycles. The van der Waals surface area contributed by atoms with E-state index in [1.54, 1.807) is 32.3 Å². The van der Waals surface area contributed by atoms with Crippen molar-refractivity contribution in [3.05, 3.63) is 24.0 Å². The maximum Gasteiger partial charge on any atom is 0.270 e. The molecule has 1 unspecified atom stereocenters. The third-order valence-corrected chi connectivity index (χ3v) is 2.95. The van der Waals surface area contributed by atoms with Gasteiger partial charge in [0.2, 0.25) is 5.91 Å². The average Bonchev–Trinajstić information content (AvgIpc) is 3.22. The number of nitrogens with one attached hydrogen (secondary N) is 3. The minimum atomic E-state index is -0.562. The van der Waals surface area contributed by atoms with E-state index in [2.05, 4.69) is 20.9 Å². The predicted molar refractivity (Wildman–Crippen MR) is 71.9 cm³/mol. The highest BCUT2D eigenvalue weighted by molar-refractivity contribution is 5.96. The van der Waals surface area contributed by atoms with Crippen molar-refractivity contribution >= 4 is 17.5 Å². The fourth-order valence-electron chi connectivity index (χ4n) is 1.60. The Morgan fingerprint density at radius 2 is 2.16 bits per heavy atom. The maximum absolute atomic E-state index is 11.9. The van der Waals surface area contributed by atoms with Gasteiger partial charge in [0.1, 0.15) is 11.7 Å². The lowest BCUT2D eigenvalue weighted by Gasteiger charge is -2.13. The lowest BCUT2D eigenvalue weighted by molar-refractivity contribution is -0.122. The van der Waals surface area contributed by atoms with Crippen molar-refractivity contribution < 1.29 is 9.59 Å². The summed E-state index contributed by atoms with van der Waals surface area (Å²) in [6.45, 7) is 1.66. The highest BCUT2D eigenvalue weighted by Gasteiger charge is 2.26. The van der Waals surface area contributed by atoms with Gasteiger partial charge in [0, 0.05) is 25.0 Å². The molecule has 2 amide bonds. The molecule has 1 aromatic rings. The molecule has 0 aromatic carbocycles. The maximum atomic E-state index is 11.9. The van der Waals surface area contributed by atoms with Crippen molar-refractivity contribution in [1.82, 2.24) is 15.6 Å². The van der Waals surface area contributed by atoms with Gasteiger partial charge in [-0.25, -0.2) is 0 Å². The minimum absolute atomic E-state index is 0.152. The van der Waals surface area contributed by atoms with E-state index in [-0.39, 0.29) is 23.6 Å². The second-order valence-electron chi connectivity index (χ2n) is 4.66. The number of amides is 2. The van der Waals surface area contributed by atoms with Gasteiger partial charge in [-0.1, -0.05) is 0 Å². The van der Waals surface area contributed by atoms with Gasteiger partial charge in [-0.05, 0) is 31.9 Å². The first-order chi connectivity index (χ1) is 9.10. The Labute approximate surface area is 112 Å². The Kier molecular flexibility index (Phi) is 3.99. The van der Waals surface area contributed by atoms with Crippen molar-refractivity contribution in [2.45, 2.75) is 31.8 Å². The molecule has 1 atom stereocenters. The van der Waals surface area contributed by atoms with Crippen LogP contribution in [0, 0.1) is 0 Å². The third kappa shape index (κ3) is 3.67. The van der Waals surface area contributed by atoms with Crippen LogP contribution in [0.3, 0.4) is 0 Å². The quantitative estimate of drug-likeness (QED) is 0.722. The van der Waals surface area contributed by atoms with Gasteiger partial charge in [-0.3, -0.25) is 14.6 Å². The number of aromatic nitrogens is 1. The highest BCUT2D eigenvalue weighted by Crippen LogP contribution is 2.18. The van der Waals surface area contributed by atoms with Crippen LogP contribution in [0.15, 0.2) is 18.3 Å². The van der Waals surface area contributed by atoms with Crippen molar-refractivity contribution in [2.75, 3.05) is 12.4 Å². The Hall–Kier alpha value is -2.11. The van der Waals surface area contributed by atoms with Crippen LogP contribution in [0.5, 0.6) is 0 Å². The standard InChI is InChI=1S/C13H18N4O2/c1-8(12(18)17-9-3-4-9)16-13(19)11-7-10(14-2)5-6-15-11/h5-9H,3-4H2,1-2H3,(H,14,15)(H,16,19)(H,17,18). The molecule has 1 fully saturated rings. The van der Waals surface area contributed by atoms with Crippen LogP contribution in [0.1, 0.15) is 30.3 Å². The largest absolute Gasteiger partial charge is 0.388 e. The summed E-state index contributed by atoms with van der Waals surface area (Å²) in [6.07, 6.45) is 3.60. The van der Waals surface area contributed by atoms with E-state index in [4.69, 9.17) is 0 Å². The molecule has 102 valence electrons. The number of pyridine rings is 1. The van der Waals surface area contributed by atoms with Gasteiger partial charge in [0.15, 0.2) is 0 Å². The average molecular weight is 262 g/mol. The van der Waals surface area contributed by atoms with Crippen molar-refractivity contribution in [1.29, 1.82) is 0 Å². The molecule has 0 bridgehead atoms. The van der Waals surface area contributed by atoms with Crippen LogP contribution in [-0.2, 0) is 4.79 Å². The van der Waals surface area contributed by atoms with Crippen LogP contribution < -0.4 is 16.0 Å². The lowest BCUT2D eigenvalue weighted by Crippen LogP contribution is -2.45. The van der Waals surface area contributed by atoms with Crippen molar-refractivity contribution in [3.63, 3.8) is 0 Å². The summed E-state index contributed by atoms with van der Waals surface area (Å²) in [6, 6.07) is 3.13. The summed E-state index contributed by atoms with van der Waals surface area (Å²) < 4.78 is 0. The summed E-state index contributed by atoms with van der Waals surface area (Å²) in [5.41, 5.74) is 1.09. The van der Waals surface area contributed by atoms with Gasteiger partial charge in [0.05, 0.1) is 0 Å². The fraction of sp³-hybridized carbons (Fsp3) is 0.462. The first-order valence-electron chi connectivity index (χ1n) is 6.35. The van der Waals surface area contributed by atoms with Gasteiger partial charge in [-0.2, -0.15) is 0 Å². The number of carbonyl (C=O) groups excluding carboxylic acids is 2. The number of hydrogen-bond donors (Lipinski definition) is 3. The lowest BCUT2D eigenvalue weighted by atomic mass is 10.2. The molecular weight excluding hydrogens is 244 g/mol. The Morgan fingerprint density at radius 3 is 2.79 bits per heavy atom. The van der Waals surface area contributed by atoms with E-state index in [1.165, 1.54) is 0 Å². The zero-order valence-electron chi connectivity index (χ0n) is 11.1. The Balaban J connectivity index is 1.93. The molecule has 0 saturated heterocycles. The summed E-state index contributed by atoms with van der Waals surface area (Å²) >= 11 is 0. The van der Waals surface area contributed by atoms with E-state index >= 15 is 0 Å². The molecule has 2 rings (SSSR count). The number of carbonyl (C=O) groups is 2. The van der Waals surface area contributed by atoms with E-state index in [1.807, 2.05) is 0 Å². The predicted octanol–water partition coefficient (Wildman–Crippen LogP) is 0.520. The summed E-state index contributed by atoms with van der Waals surface area (Å²) in [7, 11) is 1.77. The molecule has 19 heavy (non-hydrogen) atoms. The fourth-order valence-corrected chi connectivity index (χ4v) is 1.60. The van der Waals surface area contributed by atoms with Gasteiger partial charge in [0.25, 0.3) is 5.91 Å². The zero-order chi connectivity index (χ0) is 13.8. The van der Waals surface area contributed by atoms with Crippen LogP contribution in [0.2, 0.25) is 0 Å². The molecule has 3 N–H and O–H groups in total. The highest BCUT2D eigenvalue weighted by atomic mass is 16.2. The second kappa shape index (κ2) is 5.69. The second-order valence-corrected chi connectivity index (χ2v) is 4.66. The van der Waals surface area contributed by atoms with E-state index in [0.717, 1.165) is 18.5 Å². The Bertz CT molecular complexity index is 485. The molecule has 1 aromatic heterocycles. The molecule has 1 aliphatic rings. The number of hydrogen-bond acceptors (Lipinski definition) is 4. The first kappa shape index (κ1) is 13.3.